The van der Waals surface area contributed by atoms with Gasteiger partial charge in [0.15, 0.2) is 0 Å². The van der Waals surface area contributed by atoms with Gasteiger partial charge in [0.2, 0.25) is 11.8 Å². The first kappa shape index (κ1) is 12.3. The zero-order valence-corrected chi connectivity index (χ0v) is 10.5. The fourth-order valence-corrected chi connectivity index (χ4v) is 2.91. The van der Waals surface area contributed by atoms with Crippen LogP contribution in [0.4, 0.5) is 0 Å². The van der Waals surface area contributed by atoms with E-state index in [2.05, 4.69) is 0 Å². The number of hydroxylamine groups is 2. The second-order valence-corrected chi connectivity index (χ2v) is 5.08. The average Bonchev–Trinajstić information content (AvgIpc) is 2.66. The van der Waals surface area contributed by atoms with E-state index in [1.54, 1.807) is 0 Å². The maximum absolute atomic E-state index is 12.2. The van der Waals surface area contributed by atoms with Crippen LogP contribution in [0.15, 0.2) is 30.3 Å². The highest BCUT2D eigenvalue weighted by Crippen LogP contribution is 2.32. The Morgan fingerprint density at radius 3 is 2.58 bits per heavy atom. The Balaban J connectivity index is 1.83. The van der Waals surface area contributed by atoms with E-state index >= 15 is 0 Å². The summed E-state index contributed by atoms with van der Waals surface area (Å²) in [5, 5.41) is 12.5. The first-order valence-electron chi connectivity index (χ1n) is 6.51. The molecule has 2 saturated heterocycles. The summed E-state index contributed by atoms with van der Waals surface area (Å²) in [5.41, 5.74) is 0.903. The topological polar surface area (TPSA) is 63.7 Å². The molecule has 1 aromatic carbocycles. The predicted molar refractivity (Wildman–Crippen MR) is 68.6 cm³/mol. The summed E-state index contributed by atoms with van der Waals surface area (Å²) in [4.78, 5) is 25.7. The molecule has 5 heteroatoms. The fraction of sp³-hybridized carbons (Fsp3) is 0.429. The molecule has 0 spiro atoms. The van der Waals surface area contributed by atoms with Gasteiger partial charge in [-0.15, -0.1) is 0 Å². The van der Waals surface area contributed by atoms with Gasteiger partial charge in [-0.2, -0.15) is 0 Å². The van der Waals surface area contributed by atoms with Crippen LogP contribution in [-0.2, 0) is 16.1 Å². The number of fused-ring (bicyclic) bond motifs is 1. The van der Waals surface area contributed by atoms with Gasteiger partial charge in [-0.25, -0.2) is 0 Å². The van der Waals surface area contributed by atoms with Crippen molar-refractivity contribution >= 4 is 11.8 Å². The van der Waals surface area contributed by atoms with Gasteiger partial charge in [0.25, 0.3) is 0 Å². The first-order valence-corrected chi connectivity index (χ1v) is 6.51. The Bertz CT molecular complexity index is 503. The van der Waals surface area contributed by atoms with Gasteiger partial charge in [-0.3, -0.25) is 14.5 Å². The van der Waals surface area contributed by atoms with Gasteiger partial charge in [-0.05, 0) is 24.9 Å². The molecule has 0 aromatic heterocycles. The van der Waals surface area contributed by atoms with Gasteiger partial charge in [-0.1, -0.05) is 30.3 Å². The van der Waals surface area contributed by atoms with Crippen LogP contribution in [0.5, 0.6) is 0 Å². The van der Waals surface area contributed by atoms with Gasteiger partial charge in [0.1, 0.15) is 0 Å². The van der Waals surface area contributed by atoms with E-state index in [4.69, 9.17) is 0 Å². The van der Waals surface area contributed by atoms with E-state index in [0.29, 0.717) is 19.4 Å². The highest BCUT2D eigenvalue weighted by Gasteiger charge is 2.49. The van der Waals surface area contributed by atoms with Gasteiger partial charge in [0, 0.05) is 0 Å². The van der Waals surface area contributed by atoms with Crippen LogP contribution in [0.3, 0.4) is 0 Å². The number of imide groups is 1. The molecule has 1 aromatic rings. The van der Waals surface area contributed by atoms with E-state index in [9.17, 15) is 14.8 Å². The van der Waals surface area contributed by atoms with Crippen molar-refractivity contribution in [2.45, 2.75) is 25.4 Å². The molecule has 100 valence electrons. The van der Waals surface area contributed by atoms with Crippen molar-refractivity contribution in [3.8, 4) is 0 Å². The monoisotopic (exact) mass is 259 g/mol. The van der Waals surface area contributed by atoms with E-state index < -0.39 is 12.0 Å². The first-order chi connectivity index (χ1) is 9.18. The average molecular weight is 259 g/mol. The SMILES string of the molecule is O=C1[C@H]2CCCN([O-])[C@H]2C(=O)N1Cc1ccccc1. The Morgan fingerprint density at radius 1 is 1.16 bits per heavy atom. The minimum atomic E-state index is -0.787. The molecule has 0 bridgehead atoms. The summed E-state index contributed by atoms with van der Waals surface area (Å²) < 4.78 is 0. The molecule has 0 N–H and O–H groups in total. The van der Waals surface area contributed by atoms with Crippen molar-refractivity contribution in [1.82, 2.24) is 9.96 Å². The van der Waals surface area contributed by atoms with Crippen LogP contribution >= 0.6 is 0 Å². The minimum absolute atomic E-state index is 0.195. The van der Waals surface area contributed by atoms with Crippen LogP contribution in [0.25, 0.3) is 0 Å². The molecule has 19 heavy (non-hydrogen) atoms. The smallest absolute Gasteiger partial charge is 0.246 e. The van der Waals surface area contributed by atoms with Crippen molar-refractivity contribution in [3.63, 3.8) is 0 Å². The molecule has 3 rings (SSSR count). The molecule has 5 nitrogen and oxygen atoms in total. The highest BCUT2D eigenvalue weighted by molar-refractivity contribution is 6.07. The van der Waals surface area contributed by atoms with E-state index in [1.165, 1.54) is 4.90 Å². The molecule has 2 aliphatic rings. The van der Waals surface area contributed by atoms with Crippen molar-refractivity contribution in [1.29, 1.82) is 0 Å². The lowest BCUT2D eigenvalue weighted by molar-refractivity contribution is -0.140. The van der Waals surface area contributed by atoms with Crippen LogP contribution in [0, 0.1) is 11.1 Å². The van der Waals surface area contributed by atoms with Gasteiger partial charge in [0.05, 0.1) is 18.5 Å². The van der Waals surface area contributed by atoms with E-state index in [-0.39, 0.29) is 18.4 Å². The molecule has 2 heterocycles. The largest absolute Gasteiger partial charge is 0.785 e. The lowest BCUT2D eigenvalue weighted by Gasteiger charge is -2.39. The number of amides is 2. The van der Waals surface area contributed by atoms with Gasteiger partial charge >= 0.3 is 0 Å². The van der Waals surface area contributed by atoms with Crippen molar-refractivity contribution in [3.05, 3.63) is 41.1 Å². The van der Waals surface area contributed by atoms with Crippen LogP contribution in [0.2, 0.25) is 0 Å². The summed E-state index contributed by atoms with van der Waals surface area (Å²) >= 11 is 0. The zero-order chi connectivity index (χ0) is 13.4. The molecule has 2 fully saturated rings. The number of likely N-dealkylation sites (tertiary alicyclic amines) is 1. The Labute approximate surface area is 111 Å². The fourth-order valence-electron chi connectivity index (χ4n) is 2.91. The molecule has 2 aliphatic heterocycles. The molecule has 0 radical (unpaired) electrons. The zero-order valence-electron chi connectivity index (χ0n) is 10.5. The van der Waals surface area contributed by atoms with Crippen LogP contribution in [0.1, 0.15) is 18.4 Å². The van der Waals surface area contributed by atoms with Crippen LogP contribution in [-0.4, -0.2) is 34.4 Å². The van der Waals surface area contributed by atoms with Gasteiger partial charge < -0.3 is 10.3 Å². The van der Waals surface area contributed by atoms with E-state index in [0.717, 1.165) is 10.6 Å². The predicted octanol–water partition coefficient (Wildman–Crippen LogP) is 1.13. The highest BCUT2D eigenvalue weighted by atomic mass is 16.5. The molecule has 2 amide bonds. The maximum Gasteiger partial charge on any atom is 0.246 e. The third-order valence-electron chi connectivity index (χ3n) is 3.87. The van der Waals surface area contributed by atoms with Crippen molar-refractivity contribution < 1.29 is 9.59 Å². The Morgan fingerprint density at radius 2 is 1.89 bits per heavy atom. The maximum atomic E-state index is 12.2. The van der Waals surface area contributed by atoms with Crippen molar-refractivity contribution in [2.75, 3.05) is 6.54 Å². The second kappa shape index (κ2) is 4.75. The molecular formula is C14H15N2O3-. The lowest BCUT2D eigenvalue weighted by Crippen LogP contribution is -2.44. The summed E-state index contributed by atoms with van der Waals surface area (Å²) in [6.45, 7) is 0.610. The summed E-state index contributed by atoms with van der Waals surface area (Å²) in [5.74, 6) is -0.976. The third kappa shape index (κ3) is 2.05. The molecule has 0 aliphatic carbocycles. The third-order valence-corrected chi connectivity index (χ3v) is 3.87. The number of hydrogen-bond acceptors (Lipinski definition) is 4. The molecule has 0 saturated carbocycles. The number of carbonyl (C=O) groups is 2. The Hall–Kier alpha value is -1.72. The number of nitrogens with zero attached hydrogens (tertiary/aromatic N) is 2. The number of hydrogen-bond donors (Lipinski definition) is 0. The number of piperidine rings is 1. The standard InChI is InChI=1S/C14H15N2O3/c17-13-11-7-4-8-16(19)12(11)14(18)15(13)9-10-5-2-1-3-6-10/h1-3,5-6,11-12H,4,7-9H2/q-1/t11-,12+/m0/s1. The minimum Gasteiger partial charge on any atom is -0.785 e. The number of benzene rings is 1. The molecular weight excluding hydrogens is 244 g/mol. The Kier molecular flexibility index (Phi) is 3.08. The summed E-state index contributed by atoms with van der Waals surface area (Å²) in [6.07, 6.45) is 1.32. The summed E-state index contributed by atoms with van der Waals surface area (Å²) in [7, 11) is 0. The normalized spacial score (nSPS) is 27.7. The molecule has 0 unspecified atom stereocenters. The van der Waals surface area contributed by atoms with Crippen LogP contribution < -0.4 is 0 Å². The number of rotatable bonds is 2. The second-order valence-electron chi connectivity index (χ2n) is 5.08. The van der Waals surface area contributed by atoms with Crippen molar-refractivity contribution in [2.24, 2.45) is 5.92 Å². The summed E-state index contributed by atoms with van der Waals surface area (Å²) in [6, 6.07) is 8.58. The quantitative estimate of drug-likeness (QED) is 0.747. The lowest BCUT2D eigenvalue weighted by atomic mass is 9.93. The molecule has 2 atom stereocenters. The number of carbonyl (C=O) groups excluding carboxylic acids is 2. The van der Waals surface area contributed by atoms with E-state index in [1.807, 2.05) is 30.3 Å².